The van der Waals surface area contributed by atoms with Gasteiger partial charge in [0, 0.05) is 12.8 Å². The molecule has 112 valence electrons. The van der Waals surface area contributed by atoms with E-state index >= 15 is 0 Å². The Morgan fingerprint density at radius 3 is 2.57 bits per heavy atom. The predicted octanol–water partition coefficient (Wildman–Crippen LogP) is 1.27. The zero-order chi connectivity index (χ0) is 15.6. The fraction of sp³-hybridized carbons (Fsp3) is 0.286. The molecule has 2 N–H and O–H groups in total. The highest BCUT2D eigenvalue weighted by molar-refractivity contribution is 7.90. The standard InChI is InChI=1S/C14H16N2O4S/c1-3-10-8-11(10)14(18)16-21(19,20)13-7-5-4-6-12(13)15-9(2)17/h3-7,10-11H,1,8H2,2H3,(H,15,17)(H,16,18)/t10-,11+/m1/s1. The fourth-order valence-electron chi connectivity index (χ4n) is 2.03. The van der Waals surface area contributed by atoms with Gasteiger partial charge in [0.15, 0.2) is 0 Å². The Morgan fingerprint density at radius 2 is 2.00 bits per heavy atom. The quantitative estimate of drug-likeness (QED) is 0.801. The summed E-state index contributed by atoms with van der Waals surface area (Å²) in [6, 6.07) is 5.91. The summed E-state index contributed by atoms with van der Waals surface area (Å²) in [6.45, 7) is 4.86. The number of hydrogen-bond acceptors (Lipinski definition) is 4. The Labute approximate surface area is 123 Å². The number of rotatable bonds is 5. The van der Waals surface area contributed by atoms with E-state index in [1.807, 2.05) is 4.72 Å². The first-order valence-corrected chi connectivity index (χ1v) is 7.89. The largest absolute Gasteiger partial charge is 0.325 e. The molecule has 1 aromatic carbocycles. The maximum atomic E-state index is 12.3. The molecule has 0 heterocycles. The molecular weight excluding hydrogens is 292 g/mol. The third-order valence-electron chi connectivity index (χ3n) is 3.20. The van der Waals surface area contributed by atoms with Crippen LogP contribution in [0.5, 0.6) is 0 Å². The molecule has 0 radical (unpaired) electrons. The Balaban J connectivity index is 2.22. The van der Waals surface area contributed by atoms with Crippen LogP contribution in [-0.4, -0.2) is 20.2 Å². The lowest BCUT2D eigenvalue weighted by Gasteiger charge is -2.11. The van der Waals surface area contributed by atoms with E-state index in [9.17, 15) is 18.0 Å². The van der Waals surface area contributed by atoms with Gasteiger partial charge in [0.1, 0.15) is 4.90 Å². The molecule has 0 unspecified atom stereocenters. The molecule has 1 aliphatic rings. The van der Waals surface area contributed by atoms with Gasteiger partial charge in [0.2, 0.25) is 11.8 Å². The van der Waals surface area contributed by atoms with Crippen molar-refractivity contribution in [1.82, 2.24) is 4.72 Å². The molecule has 0 aromatic heterocycles. The van der Waals surface area contributed by atoms with Crippen LogP contribution < -0.4 is 10.0 Å². The van der Waals surface area contributed by atoms with Gasteiger partial charge < -0.3 is 5.32 Å². The maximum absolute atomic E-state index is 12.3. The molecule has 1 saturated carbocycles. The first-order chi connectivity index (χ1) is 9.85. The summed E-state index contributed by atoms with van der Waals surface area (Å²) in [4.78, 5) is 22.8. The number of amides is 2. The summed E-state index contributed by atoms with van der Waals surface area (Å²) >= 11 is 0. The Morgan fingerprint density at radius 1 is 1.33 bits per heavy atom. The Kier molecular flexibility index (Phi) is 4.13. The summed E-state index contributed by atoms with van der Waals surface area (Å²) in [6.07, 6.45) is 2.25. The van der Waals surface area contributed by atoms with Gasteiger partial charge in [-0.1, -0.05) is 18.2 Å². The van der Waals surface area contributed by atoms with Crippen molar-refractivity contribution in [1.29, 1.82) is 0 Å². The van der Waals surface area contributed by atoms with Crippen molar-refractivity contribution in [2.45, 2.75) is 18.2 Å². The van der Waals surface area contributed by atoms with Gasteiger partial charge in [-0.2, -0.15) is 0 Å². The Hall–Kier alpha value is -2.15. The van der Waals surface area contributed by atoms with E-state index < -0.39 is 21.8 Å². The molecule has 0 bridgehead atoms. The lowest BCUT2D eigenvalue weighted by atomic mass is 10.3. The fourth-order valence-corrected chi connectivity index (χ4v) is 3.23. The molecule has 0 spiro atoms. The van der Waals surface area contributed by atoms with Gasteiger partial charge in [-0.3, -0.25) is 9.59 Å². The van der Waals surface area contributed by atoms with Gasteiger partial charge in [-0.05, 0) is 24.5 Å². The lowest BCUT2D eigenvalue weighted by Crippen LogP contribution is -2.32. The SMILES string of the molecule is C=C[C@@H]1C[C@@H]1C(=O)NS(=O)(=O)c1ccccc1NC(C)=O. The normalized spacial score (nSPS) is 20.4. The van der Waals surface area contributed by atoms with Crippen molar-refractivity contribution in [3.63, 3.8) is 0 Å². The molecule has 1 aliphatic carbocycles. The minimum Gasteiger partial charge on any atom is -0.325 e. The van der Waals surface area contributed by atoms with E-state index in [4.69, 9.17) is 0 Å². The highest BCUT2D eigenvalue weighted by Crippen LogP contribution is 2.39. The highest BCUT2D eigenvalue weighted by Gasteiger charge is 2.42. The van der Waals surface area contributed by atoms with Crippen LogP contribution in [0.3, 0.4) is 0 Å². The van der Waals surface area contributed by atoms with E-state index in [1.54, 1.807) is 12.1 Å². The number of hydrogen-bond donors (Lipinski definition) is 2. The van der Waals surface area contributed by atoms with Crippen molar-refractivity contribution < 1.29 is 18.0 Å². The first-order valence-electron chi connectivity index (χ1n) is 6.41. The average Bonchev–Trinajstić information content (AvgIpc) is 3.17. The minimum atomic E-state index is -4.02. The van der Waals surface area contributed by atoms with E-state index in [0.29, 0.717) is 6.42 Å². The second-order valence-corrected chi connectivity index (χ2v) is 6.54. The van der Waals surface area contributed by atoms with Crippen molar-refractivity contribution >= 4 is 27.5 Å². The number of carbonyl (C=O) groups excluding carboxylic acids is 2. The van der Waals surface area contributed by atoms with Gasteiger partial charge in [-0.25, -0.2) is 13.1 Å². The zero-order valence-electron chi connectivity index (χ0n) is 11.5. The summed E-state index contributed by atoms with van der Waals surface area (Å²) in [5.41, 5.74) is 0.140. The summed E-state index contributed by atoms with van der Waals surface area (Å²) in [7, 11) is -4.02. The smallest absolute Gasteiger partial charge is 0.266 e. The molecule has 2 amide bonds. The number of allylic oxidation sites excluding steroid dienone is 1. The molecule has 1 fully saturated rings. The highest BCUT2D eigenvalue weighted by atomic mass is 32.2. The van der Waals surface area contributed by atoms with E-state index in [2.05, 4.69) is 11.9 Å². The number of nitrogens with one attached hydrogen (secondary N) is 2. The van der Waals surface area contributed by atoms with Crippen molar-refractivity contribution in [3.8, 4) is 0 Å². The number of sulfonamides is 1. The number of carbonyl (C=O) groups is 2. The van der Waals surface area contributed by atoms with Crippen LogP contribution >= 0.6 is 0 Å². The van der Waals surface area contributed by atoms with Gasteiger partial charge in [-0.15, -0.1) is 6.58 Å². The second kappa shape index (κ2) is 5.69. The van der Waals surface area contributed by atoms with Gasteiger partial charge in [0.25, 0.3) is 10.0 Å². The molecule has 0 aliphatic heterocycles. The van der Waals surface area contributed by atoms with E-state index in [1.165, 1.54) is 25.1 Å². The Bertz CT molecular complexity index is 697. The van der Waals surface area contributed by atoms with Gasteiger partial charge in [0.05, 0.1) is 5.69 Å². The third kappa shape index (κ3) is 3.49. The summed E-state index contributed by atoms with van der Waals surface area (Å²) in [5, 5.41) is 2.43. The monoisotopic (exact) mass is 308 g/mol. The van der Waals surface area contributed by atoms with Crippen LogP contribution in [0.4, 0.5) is 5.69 Å². The molecule has 7 heteroatoms. The maximum Gasteiger partial charge on any atom is 0.266 e. The molecule has 2 atom stereocenters. The third-order valence-corrected chi connectivity index (χ3v) is 4.61. The molecule has 6 nitrogen and oxygen atoms in total. The average molecular weight is 308 g/mol. The molecular formula is C14H16N2O4S. The second-order valence-electron chi connectivity index (χ2n) is 4.89. The number of anilines is 1. The van der Waals surface area contributed by atoms with E-state index in [-0.39, 0.29) is 22.4 Å². The molecule has 2 rings (SSSR count). The zero-order valence-corrected chi connectivity index (χ0v) is 12.3. The van der Waals surface area contributed by atoms with Crippen molar-refractivity contribution in [3.05, 3.63) is 36.9 Å². The molecule has 0 saturated heterocycles. The van der Waals surface area contributed by atoms with E-state index in [0.717, 1.165) is 0 Å². The van der Waals surface area contributed by atoms with Crippen molar-refractivity contribution in [2.75, 3.05) is 5.32 Å². The summed E-state index contributed by atoms with van der Waals surface area (Å²) in [5.74, 6) is -1.24. The molecule has 21 heavy (non-hydrogen) atoms. The first kappa shape index (κ1) is 15.2. The van der Waals surface area contributed by atoms with Crippen LogP contribution in [0.15, 0.2) is 41.8 Å². The van der Waals surface area contributed by atoms with Crippen LogP contribution in [0.25, 0.3) is 0 Å². The number of para-hydroxylation sites is 1. The molecule has 1 aromatic rings. The van der Waals surface area contributed by atoms with Gasteiger partial charge >= 0.3 is 0 Å². The summed E-state index contributed by atoms with van der Waals surface area (Å²) < 4.78 is 26.6. The predicted molar refractivity (Wildman–Crippen MR) is 77.9 cm³/mol. The topological polar surface area (TPSA) is 92.3 Å². The van der Waals surface area contributed by atoms with Crippen LogP contribution in [0.1, 0.15) is 13.3 Å². The number of benzene rings is 1. The van der Waals surface area contributed by atoms with Crippen LogP contribution in [-0.2, 0) is 19.6 Å². The minimum absolute atomic E-state index is 0.0331. The van der Waals surface area contributed by atoms with Crippen molar-refractivity contribution in [2.24, 2.45) is 11.8 Å². The lowest BCUT2D eigenvalue weighted by molar-refractivity contribution is -0.120. The van der Waals surface area contributed by atoms with Crippen LogP contribution in [0.2, 0.25) is 0 Å². The van der Waals surface area contributed by atoms with Crippen LogP contribution in [0, 0.1) is 11.8 Å².